The summed E-state index contributed by atoms with van der Waals surface area (Å²) in [5.41, 5.74) is 1.70. The number of fused-ring (bicyclic) bond motifs is 2. The molecule has 0 N–H and O–H groups in total. The molecule has 1 fully saturated rings. The molecular weight excluding hydrogens is 338 g/mol. The van der Waals surface area contributed by atoms with Gasteiger partial charge in [-0.3, -0.25) is 4.90 Å². The maximum atomic E-state index is 12.5. The van der Waals surface area contributed by atoms with E-state index in [1.165, 1.54) is 11.8 Å². The van der Waals surface area contributed by atoms with Gasteiger partial charge in [0.25, 0.3) is 0 Å². The van der Waals surface area contributed by atoms with Crippen LogP contribution < -0.4 is 0 Å². The van der Waals surface area contributed by atoms with Gasteiger partial charge in [0.1, 0.15) is 5.60 Å². The van der Waals surface area contributed by atoms with E-state index in [-0.39, 0.29) is 18.2 Å². The van der Waals surface area contributed by atoms with Crippen LogP contribution in [0.3, 0.4) is 0 Å². The largest absolute Gasteiger partial charge is 0.444 e. The summed E-state index contributed by atoms with van der Waals surface area (Å²) in [7, 11) is -3.19. The Balaban J connectivity index is 1.81. The lowest BCUT2D eigenvalue weighted by atomic mass is 9.95. The van der Waals surface area contributed by atoms with E-state index in [1.807, 2.05) is 37.8 Å². The highest BCUT2D eigenvalue weighted by molar-refractivity contribution is 7.90. The Kier molecular flexibility index (Phi) is 4.43. The van der Waals surface area contributed by atoms with Crippen molar-refractivity contribution in [3.8, 4) is 0 Å². The van der Waals surface area contributed by atoms with Crippen LogP contribution in [-0.2, 0) is 14.6 Å². The van der Waals surface area contributed by atoms with Crippen molar-refractivity contribution in [2.75, 3.05) is 6.26 Å². The fourth-order valence-corrected chi connectivity index (χ4v) is 4.19. The first-order valence-electron chi connectivity index (χ1n) is 8.57. The number of hydrogen-bond donors (Lipinski definition) is 0. The van der Waals surface area contributed by atoms with E-state index >= 15 is 0 Å². The fourth-order valence-electron chi connectivity index (χ4n) is 3.56. The Labute approximate surface area is 149 Å². The average molecular weight is 363 g/mol. The first kappa shape index (κ1) is 18.0. The van der Waals surface area contributed by atoms with E-state index in [2.05, 4.69) is 6.08 Å². The third-order valence-electron chi connectivity index (χ3n) is 4.65. The number of nitrogens with zero attached hydrogens (tertiary/aromatic N) is 1. The van der Waals surface area contributed by atoms with Gasteiger partial charge < -0.3 is 4.74 Å². The molecule has 1 aromatic rings. The number of carbonyl (C=O) groups excluding carboxylic acids is 1. The van der Waals surface area contributed by atoms with Crippen molar-refractivity contribution >= 4 is 21.5 Å². The number of amides is 1. The molecule has 2 heterocycles. The lowest BCUT2D eigenvalue weighted by Gasteiger charge is -2.35. The van der Waals surface area contributed by atoms with E-state index in [9.17, 15) is 13.2 Å². The SMILES string of the molecule is CC(C)(C)OC(=O)N1C2C=C(c3ccc(S(C)(=O)=O)cc3)CC1CC2. The molecule has 1 amide bonds. The quantitative estimate of drug-likeness (QED) is 0.805. The number of hydrogen-bond acceptors (Lipinski definition) is 4. The monoisotopic (exact) mass is 363 g/mol. The summed E-state index contributed by atoms with van der Waals surface area (Å²) in [6.45, 7) is 5.63. The Bertz CT molecular complexity index is 803. The highest BCUT2D eigenvalue weighted by atomic mass is 32.2. The number of carbonyl (C=O) groups is 1. The maximum Gasteiger partial charge on any atom is 0.411 e. The molecule has 0 aliphatic carbocycles. The van der Waals surface area contributed by atoms with Crippen molar-refractivity contribution in [3.05, 3.63) is 35.9 Å². The lowest BCUT2D eigenvalue weighted by molar-refractivity contribution is 0.0175. The molecule has 1 saturated heterocycles. The maximum absolute atomic E-state index is 12.5. The molecule has 2 aliphatic rings. The van der Waals surface area contributed by atoms with Crippen molar-refractivity contribution < 1.29 is 17.9 Å². The molecule has 136 valence electrons. The van der Waals surface area contributed by atoms with Gasteiger partial charge in [-0.05, 0) is 63.3 Å². The molecule has 2 atom stereocenters. The van der Waals surface area contributed by atoms with E-state index in [0.29, 0.717) is 4.90 Å². The molecule has 25 heavy (non-hydrogen) atoms. The molecule has 0 saturated carbocycles. The van der Waals surface area contributed by atoms with Crippen LogP contribution in [0.25, 0.3) is 5.57 Å². The van der Waals surface area contributed by atoms with Gasteiger partial charge in [-0.2, -0.15) is 0 Å². The third kappa shape index (κ3) is 3.89. The lowest BCUT2D eigenvalue weighted by Crippen LogP contribution is -2.45. The second kappa shape index (κ2) is 6.16. The highest BCUT2D eigenvalue weighted by Crippen LogP contribution is 2.39. The summed E-state index contributed by atoms with van der Waals surface area (Å²) in [6.07, 6.45) is 5.76. The van der Waals surface area contributed by atoms with Crippen molar-refractivity contribution in [1.29, 1.82) is 0 Å². The highest BCUT2D eigenvalue weighted by Gasteiger charge is 2.41. The number of rotatable bonds is 2. The van der Waals surface area contributed by atoms with Gasteiger partial charge in [-0.1, -0.05) is 18.2 Å². The second-order valence-electron chi connectivity index (χ2n) is 7.88. The molecule has 5 nitrogen and oxygen atoms in total. The van der Waals surface area contributed by atoms with Gasteiger partial charge in [0, 0.05) is 12.3 Å². The Morgan fingerprint density at radius 2 is 1.80 bits per heavy atom. The Hall–Kier alpha value is -1.82. The fraction of sp³-hybridized carbons (Fsp3) is 0.526. The molecule has 6 heteroatoms. The van der Waals surface area contributed by atoms with E-state index in [0.717, 1.165) is 24.8 Å². The molecule has 2 unspecified atom stereocenters. The Morgan fingerprint density at radius 1 is 1.16 bits per heavy atom. The predicted octanol–water partition coefficient (Wildman–Crippen LogP) is 3.65. The van der Waals surface area contributed by atoms with Crippen LogP contribution in [0.15, 0.2) is 35.2 Å². The zero-order chi connectivity index (χ0) is 18.4. The van der Waals surface area contributed by atoms with Gasteiger partial charge in [-0.25, -0.2) is 13.2 Å². The summed E-state index contributed by atoms with van der Waals surface area (Å²) in [6, 6.07) is 7.20. The first-order valence-corrected chi connectivity index (χ1v) is 10.5. The Morgan fingerprint density at radius 3 is 2.32 bits per heavy atom. The number of sulfone groups is 1. The second-order valence-corrected chi connectivity index (χ2v) is 9.89. The van der Waals surface area contributed by atoms with Gasteiger partial charge in [0.2, 0.25) is 0 Å². The van der Waals surface area contributed by atoms with E-state index < -0.39 is 15.4 Å². The van der Waals surface area contributed by atoms with Gasteiger partial charge in [0.15, 0.2) is 9.84 Å². The van der Waals surface area contributed by atoms with E-state index in [4.69, 9.17) is 4.74 Å². The van der Waals surface area contributed by atoms with Gasteiger partial charge >= 0.3 is 6.09 Å². The van der Waals surface area contributed by atoms with Crippen LogP contribution in [0.4, 0.5) is 4.79 Å². The van der Waals surface area contributed by atoms with Crippen molar-refractivity contribution in [2.24, 2.45) is 0 Å². The van der Waals surface area contributed by atoms with Gasteiger partial charge in [0.05, 0.1) is 10.9 Å². The molecule has 2 aliphatic heterocycles. The molecule has 0 radical (unpaired) electrons. The minimum Gasteiger partial charge on any atom is -0.444 e. The van der Waals surface area contributed by atoms with Crippen molar-refractivity contribution in [2.45, 2.75) is 62.6 Å². The van der Waals surface area contributed by atoms with Crippen molar-refractivity contribution in [3.63, 3.8) is 0 Å². The first-order chi connectivity index (χ1) is 11.5. The zero-order valence-corrected chi connectivity index (χ0v) is 16.0. The molecule has 0 spiro atoms. The average Bonchev–Trinajstić information content (AvgIpc) is 2.75. The number of benzene rings is 1. The molecular formula is C19H25NO4S. The van der Waals surface area contributed by atoms with Crippen LogP contribution in [0.1, 0.15) is 45.6 Å². The van der Waals surface area contributed by atoms with Crippen LogP contribution in [0, 0.1) is 0 Å². The third-order valence-corrected chi connectivity index (χ3v) is 5.78. The van der Waals surface area contributed by atoms with Crippen LogP contribution in [0.2, 0.25) is 0 Å². The smallest absolute Gasteiger partial charge is 0.411 e. The summed E-state index contributed by atoms with van der Waals surface area (Å²) in [5, 5.41) is 0. The summed E-state index contributed by atoms with van der Waals surface area (Å²) in [4.78, 5) is 14.7. The van der Waals surface area contributed by atoms with Crippen LogP contribution in [-0.4, -0.2) is 43.4 Å². The molecule has 0 aromatic heterocycles. The zero-order valence-electron chi connectivity index (χ0n) is 15.2. The topological polar surface area (TPSA) is 63.7 Å². The molecule has 1 aromatic carbocycles. The normalized spacial score (nSPS) is 23.4. The predicted molar refractivity (Wildman–Crippen MR) is 97.0 cm³/mol. The summed E-state index contributed by atoms with van der Waals surface area (Å²) < 4.78 is 28.7. The minimum absolute atomic E-state index is 0.0539. The summed E-state index contributed by atoms with van der Waals surface area (Å²) >= 11 is 0. The van der Waals surface area contributed by atoms with Crippen molar-refractivity contribution in [1.82, 2.24) is 4.90 Å². The minimum atomic E-state index is -3.19. The standard InChI is InChI=1S/C19H25NO4S/c1-19(2,3)24-18(21)20-15-7-8-16(20)12-14(11-15)13-5-9-17(10-6-13)25(4,22)23/h5-6,9-11,15-16H,7-8,12H2,1-4H3. The molecule has 2 bridgehead atoms. The van der Waals surface area contributed by atoms with Crippen LogP contribution >= 0.6 is 0 Å². The van der Waals surface area contributed by atoms with E-state index in [1.54, 1.807) is 12.1 Å². The van der Waals surface area contributed by atoms with Crippen LogP contribution in [0.5, 0.6) is 0 Å². The number of ether oxygens (including phenoxy) is 1. The van der Waals surface area contributed by atoms with Gasteiger partial charge in [-0.15, -0.1) is 0 Å². The summed E-state index contributed by atoms with van der Waals surface area (Å²) in [5.74, 6) is 0. The molecule has 3 rings (SSSR count).